The molecule has 1 aromatic heterocycles. The highest BCUT2D eigenvalue weighted by atomic mass is 127. The molecule has 1 heterocycles. The number of halogens is 4. The highest BCUT2D eigenvalue weighted by molar-refractivity contribution is 14.1. The smallest absolute Gasteiger partial charge is 0.365 e. The van der Waals surface area contributed by atoms with E-state index < -0.39 is 11.7 Å². The van der Waals surface area contributed by atoms with Crippen molar-refractivity contribution in [3.63, 3.8) is 0 Å². The summed E-state index contributed by atoms with van der Waals surface area (Å²) in [5.41, 5.74) is 0.282. The monoisotopic (exact) mass is 429 g/mol. The molecule has 0 aliphatic rings. The van der Waals surface area contributed by atoms with E-state index in [4.69, 9.17) is 0 Å². The van der Waals surface area contributed by atoms with Gasteiger partial charge in [0, 0.05) is 15.5 Å². The van der Waals surface area contributed by atoms with E-state index in [-0.39, 0.29) is 12.1 Å². The molecule has 3 rings (SSSR count). The Kier molecular flexibility index (Phi) is 4.38. The summed E-state index contributed by atoms with van der Waals surface area (Å²) in [6.07, 6.45) is -2.98. The van der Waals surface area contributed by atoms with E-state index in [1.807, 2.05) is 18.2 Å². The second-order valence-electron chi connectivity index (χ2n) is 4.89. The van der Waals surface area contributed by atoms with Crippen LogP contribution in [0.15, 0.2) is 48.8 Å². The number of anilines is 1. The highest BCUT2D eigenvalue weighted by Gasteiger charge is 2.32. The SMILES string of the molecule is FC(F)(F)c1ccccc1CNc1ncnc2ccc(I)cc12. The van der Waals surface area contributed by atoms with Crippen molar-refractivity contribution >= 4 is 39.3 Å². The van der Waals surface area contributed by atoms with Gasteiger partial charge in [0.2, 0.25) is 0 Å². The Morgan fingerprint density at radius 3 is 2.61 bits per heavy atom. The third-order valence-corrected chi connectivity index (χ3v) is 4.04. The van der Waals surface area contributed by atoms with Crippen LogP contribution in [-0.4, -0.2) is 9.97 Å². The lowest BCUT2D eigenvalue weighted by molar-refractivity contribution is -0.138. The lowest BCUT2D eigenvalue weighted by Gasteiger charge is -2.14. The van der Waals surface area contributed by atoms with Crippen LogP contribution in [0.3, 0.4) is 0 Å². The zero-order valence-electron chi connectivity index (χ0n) is 11.7. The van der Waals surface area contributed by atoms with Crippen LogP contribution in [-0.2, 0) is 12.7 Å². The first-order valence-electron chi connectivity index (χ1n) is 6.74. The van der Waals surface area contributed by atoms with Gasteiger partial charge in [-0.1, -0.05) is 18.2 Å². The molecule has 0 radical (unpaired) electrons. The molecule has 3 nitrogen and oxygen atoms in total. The molecule has 2 aromatic carbocycles. The van der Waals surface area contributed by atoms with Crippen molar-refractivity contribution in [1.29, 1.82) is 0 Å². The number of hydrogen-bond donors (Lipinski definition) is 1. The molecule has 0 fully saturated rings. The molecule has 0 unspecified atom stereocenters. The summed E-state index contributed by atoms with van der Waals surface area (Å²) in [7, 11) is 0. The van der Waals surface area contributed by atoms with Gasteiger partial charge in [0.25, 0.3) is 0 Å². The molecular weight excluding hydrogens is 418 g/mol. The summed E-state index contributed by atoms with van der Waals surface area (Å²) in [6.45, 7) is 0.0350. The lowest BCUT2D eigenvalue weighted by atomic mass is 10.1. The van der Waals surface area contributed by atoms with Crippen molar-refractivity contribution in [2.45, 2.75) is 12.7 Å². The normalized spacial score (nSPS) is 11.7. The van der Waals surface area contributed by atoms with Crippen molar-refractivity contribution in [3.8, 4) is 0 Å². The zero-order chi connectivity index (χ0) is 16.4. The Hall–Kier alpha value is -1.90. The first-order valence-corrected chi connectivity index (χ1v) is 7.82. The molecule has 0 spiro atoms. The Morgan fingerprint density at radius 1 is 1.04 bits per heavy atom. The predicted octanol–water partition coefficient (Wildman–Crippen LogP) is 4.87. The number of nitrogens with one attached hydrogen (secondary N) is 1. The van der Waals surface area contributed by atoms with E-state index in [0.717, 1.165) is 20.5 Å². The van der Waals surface area contributed by atoms with Gasteiger partial charge in [0.15, 0.2) is 0 Å². The third-order valence-electron chi connectivity index (χ3n) is 3.37. The predicted molar refractivity (Wildman–Crippen MR) is 91.0 cm³/mol. The first kappa shape index (κ1) is 16.0. The molecule has 0 bridgehead atoms. The van der Waals surface area contributed by atoms with E-state index in [0.29, 0.717) is 5.82 Å². The number of hydrogen-bond acceptors (Lipinski definition) is 3. The number of rotatable bonds is 3. The van der Waals surface area contributed by atoms with Crippen LogP contribution >= 0.6 is 22.6 Å². The van der Waals surface area contributed by atoms with Crippen LogP contribution in [0.1, 0.15) is 11.1 Å². The van der Waals surface area contributed by atoms with Gasteiger partial charge in [-0.15, -0.1) is 0 Å². The minimum Gasteiger partial charge on any atom is -0.365 e. The van der Waals surface area contributed by atoms with Gasteiger partial charge >= 0.3 is 6.18 Å². The van der Waals surface area contributed by atoms with Crippen molar-refractivity contribution < 1.29 is 13.2 Å². The molecule has 7 heteroatoms. The largest absolute Gasteiger partial charge is 0.416 e. The second-order valence-corrected chi connectivity index (χ2v) is 6.14. The molecule has 0 saturated heterocycles. The lowest BCUT2D eigenvalue weighted by Crippen LogP contribution is -2.12. The molecule has 0 atom stereocenters. The number of nitrogens with zero attached hydrogens (tertiary/aromatic N) is 2. The fourth-order valence-electron chi connectivity index (χ4n) is 2.30. The zero-order valence-corrected chi connectivity index (χ0v) is 13.9. The molecule has 118 valence electrons. The third kappa shape index (κ3) is 3.54. The maximum atomic E-state index is 13.0. The summed E-state index contributed by atoms with van der Waals surface area (Å²) in [6, 6.07) is 11.2. The number of benzene rings is 2. The van der Waals surface area contributed by atoms with Gasteiger partial charge in [-0.3, -0.25) is 0 Å². The van der Waals surface area contributed by atoms with Crippen LogP contribution in [0.25, 0.3) is 10.9 Å². The van der Waals surface area contributed by atoms with E-state index in [2.05, 4.69) is 37.9 Å². The standard InChI is InChI=1S/C16H11F3IN3/c17-16(18,19)13-4-2-1-3-10(13)8-21-15-12-7-11(20)5-6-14(12)22-9-23-15/h1-7,9H,8H2,(H,21,22,23). The molecule has 23 heavy (non-hydrogen) atoms. The van der Waals surface area contributed by atoms with Crippen molar-refractivity contribution in [1.82, 2.24) is 9.97 Å². The van der Waals surface area contributed by atoms with Gasteiger partial charge in [-0.25, -0.2) is 9.97 Å². The topological polar surface area (TPSA) is 37.8 Å². The Balaban J connectivity index is 1.92. The van der Waals surface area contributed by atoms with Crippen LogP contribution < -0.4 is 5.32 Å². The summed E-state index contributed by atoms with van der Waals surface area (Å²) >= 11 is 2.17. The van der Waals surface area contributed by atoms with E-state index in [9.17, 15) is 13.2 Å². The summed E-state index contributed by atoms with van der Waals surface area (Å²) in [4.78, 5) is 8.31. The number of fused-ring (bicyclic) bond motifs is 1. The molecule has 3 aromatic rings. The van der Waals surface area contributed by atoms with Gasteiger partial charge < -0.3 is 5.32 Å². The summed E-state index contributed by atoms with van der Waals surface area (Å²) in [5.74, 6) is 0.519. The van der Waals surface area contributed by atoms with Gasteiger partial charge in [0.05, 0.1) is 11.1 Å². The maximum Gasteiger partial charge on any atom is 0.416 e. The molecule has 1 N–H and O–H groups in total. The van der Waals surface area contributed by atoms with Crippen LogP contribution in [0.5, 0.6) is 0 Å². The van der Waals surface area contributed by atoms with Gasteiger partial charge in [0.1, 0.15) is 12.1 Å². The molecule has 0 aliphatic carbocycles. The molecule has 0 amide bonds. The Morgan fingerprint density at radius 2 is 1.83 bits per heavy atom. The van der Waals surface area contributed by atoms with Crippen LogP contribution in [0, 0.1) is 3.57 Å². The average molecular weight is 429 g/mol. The molecule has 0 saturated carbocycles. The maximum absolute atomic E-state index is 13.0. The highest BCUT2D eigenvalue weighted by Crippen LogP contribution is 2.32. The number of alkyl halides is 3. The average Bonchev–Trinajstić information content (AvgIpc) is 2.52. The van der Waals surface area contributed by atoms with Crippen molar-refractivity contribution in [3.05, 3.63) is 63.5 Å². The minimum absolute atomic E-state index is 0.0350. The summed E-state index contributed by atoms with van der Waals surface area (Å²) < 4.78 is 40.1. The van der Waals surface area contributed by atoms with Crippen molar-refractivity contribution in [2.75, 3.05) is 5.32 Å². The fourth-order valence-corrected chi connectivity index (χ4v) is 2.79. The van der Waals surface area contributed by atoms with E-state index >= 15 is 0 Å². The van der Waals surface area contributed by atoms with Crippen LogP contribution in [0.4, 0.5) is 19.0 Å². The number of aromatic nitrogens is 2. The van der Waals surface area contributed by atoms with Crippen LogP contribution in [0.2, 0.25) is 0 Å². The second kappa shape index (κ2) is 6.31. The van der Waals surface area contributed by atoms with E-state index in [1.54, 1.807) is 6.07 Å². The Labute approximate surface area is 144 Å². The Bertz CT molecular complexity index is 849. The summed E-state index contributed by atoms with van der Waals surface area (Å²) in [5, 5.41) is 3.77. The van der Waals surface area contributed by atoms with E-state index in [1.165, 1.54) is 18.5 Å². The molecule has 0 aliphatic heterocycles. The van der Waals surface area contributed by atoms with Gasteiger partial charge in [-0.05, 0) is 52.4 Å². The minimum atomic E-state index is -4.37. The van der Waals surface area contributed by atoms with Crippen molar-refractivity contribution in [2.24, 2.45) is 0 Å². The molecular formula is C16H11F3IN3. The van der Waals surface area contributed by atoms with Gasteiger partial charge in [-0.2, -0.15) is 13.2 Å². The quantitative estimate of drug-likeness (QED) is 0.605. The fraction of sp³-hybridized carbons (Fsp3) is 0.125. The first-order chi connectivity index (χ1) is 10.9.